The second-order valence-corrected chi connectivity index (χ2v) is 5.76. The van der Waals surface area contributed by atoms with Crippen LogP contribution in [0, 0.1) is 12.8 Å². The lowest BCUT2D eigenvalue weighted by atomic mass is 9.87. The summed E-state index contributed by atoms with van der Waals surface area (Å²) in [7, 11) is 0. The number of carboxylic acid groups (broad SMARTS) is 2. The monoisotopic (exact) mass is 284 g/mol. The second-order valence-electron chi connectivity index (χ2n) is 4.84. The number of hydrogen-bond acceptors (Lipinski definition) is 3. The van der Waals surface area contributed by atoms with E-state index < -0.39 is 11.9 Å². The Morgan fingerprint density at radius 3 is 2.26 bits per heavy atom. The van der Waals surface area contributed by atoms with Crippen molar-refractivity contribution >= 4 is 23.3 Å². The molecule has 0 unspecified atom stereocenters. The molecule has 0 spiro atoms. The van der Waals surface area contributed by atoms with Gasteiger partial charge >= 0.3 is 11.9 Å². The maximum absolute atomic E-state index is 10.3. The van der Waals surface area contributed by atoms with Gasteiger partial charge in [0.05, 0.1) is 0 Å². The largest absolute Gasteiger partial charge is 0.481 e. The molecule has 1 aromatic heterocycles. The lowest BCUT2D eigenvalue weighted by molar-refractivity contribution is -0.138. The molecule has 0 saturated heterocycles. The standard InChI is InChI=1S/C8H14O2.C6H6O2S/c9-8(10)6-7-4-2-1-3-5-7;1-4-2-3-9-5(4)6(7)8/h7H,1-6H2,(H,9,10);2-3H,1H3,(H,7,8). The van der Waals surface area contributed by atoms with Gasteiger partial charge in [-0.1, -0.05) is 19.3 Å². The molecule has 1 aromatic rings. The fraction of sp³-hybridized carbons (Fsp3) is 0.571. The molecule has 1 fully saturated rings. The van der Waals surface area contributed by atoms with E-state index in [1.165, 1.54) is 30.6 Å². The smallest absolute Gasteiger partial charge is 0.346 e. The van der Waals surface area contributed by atoms with Gasteiger partial charge in [0.15, 0.2) is 0 Å². The van der Waals surface area contributed by atoms with E-state index in [1.807, 2.05) is 0 Å². The van der Waals surface area contributed by atoms with E-state index in [9.17, 15) is 9.59 Å². The molecule has 4 nitrogen and oxygen atoms in total. The van der Waals surface area contributed by atoms with Crippen molar-refractivity contribution in [3.8, 4) is 0 Å². The van der Waals surface area contributed by atoms with Crippen LogP contribution in [0.2, 0.25) is 0 Å². The first-order valence-electron chi connectivity index (χ1n) is 6.50. The zero-order valence-corrected chi connectivity index (χ0v) is 11.9. The molecule has 0 radical (unpaired) electrons. The van der Waals surface area contributed by atoms with Crippen LogP contribution in [0.1, 0.15) is 53.8 Å². The van der Waals surface area contributed by atoms with Crippen molar-refractivity contribution in [3.05, 3.63) is 21.9 Å². The molecule has 1 aliphatic carbocycles. The van der Waals surface area contributed by atoms with E-state index in [2.05, 4.69) is 0 Å². The Morgan fingerprint density at radius 2 is 1.89 bits per heavy atom. The van der Waals surface area contributed by atoms with Gasteiger partial charge in [0.1, 0.15) is 4.88 Å². The van der Waals surface area contributed by atoms with Gasteiger partial charge in [-0.15, -0.1) is 11.3 Å². The molecular weight excluding hydrogens is 264 g/mol. The molecule has 0 bridgehead atoms. The van der Waals surface area contributed by atoms with Crippen LogP contribution >= 0.6 is 11.3 Å². The lowest BCUT2D eigenvalue weighted by Crippen LogP contribution is -2.10. The SMILES string of the molecule is Cc1ccsc1C(=O)O.O=C(O)CC1CCCCC1. The van der Waals surface area contributed by atoms with E-state index in [1.54, 1.807) is 18.4 Å². The summed E-state index contributed by atoms with van der Waals surface area (Å²) in [6.45, 7) is 1.79. The summed E-state index contributed by atoms with van der Waals surface area (Å²) in [5.74, 6) is -0.986. The van der Waals surface area contributed by atoms with E-state index >= 15 is 0 Å². The third-order valence-electron chi connectivity index (χ3n) is 3.24. The summed E-state index contributed by atoms with van der Waals surface area (Å²) in [6, 6.07) is 1.80. The van der Waals surface area contributed by atoms with Gasteiger partial charge < -0.3 is 10.2 Å². The molecule has 0 atom stereocenters. The van der Waals surface area contributed by atoms with Gasteiger partial charge in [0, 0.05) is 6.42 Å². The predicted molar refractivity (Wildman–Crippen MR) is 74.8 cm³/mol. The molecule has 5 heteroatoms. The third-order valence-corrected chi connectivity index (χ3v) is 4.25. The molecular formula is C14H20O4S. The average molecular weight is 284 g/mol. The molecule has 1 saturated carbocycles. The molecule has 0 amide bonds. The normalized spacial score (nSPS) is 15.4. The predicted octanol–water partition coefficient (Wildman–Crippen LogP) is 3.80. The molecule has 19 heavy (non-hydrogen) atoms. The zero-order valence-electron chi connectivity index (χ0n) is 11.1. The first kappa shape index (κ1) is 15.7. The maximum Gasteiger partial charge on any atom is 0.346 e. The minimum Gasteiger partial charge on any atom is -0.481 e. The van der Waals surface area contributed by atoms with Crippen LogP contribution in [0.5, 0.6) is 0 Å². The first-order valence-corrected chi connectivity index (χ1v) is 7.38. The Labute approximate surface area is 117 Å². The van der Waals surface area contributed by atoms with E-state index in [4.69, 9.17) is 10.2 Å². The van der Waals surface area contributed by atoms with Crippen molar-refractivity contribution in [2.24, 2.45) is 5.92 Å². The second kappa shape index (κ2) is 7.94. The number of thiophene rings is 1. The summed E-state index contributed by atoms with van der Waals surface area (Å²) < 4.78 is 0. The summed E-state index contributed by atoms with van der Waals surface area (Å²) in [5, 5.41) is 18.7. The van der Waals surface area contributed by atoms with Gasteiger partial charge in [-0.05, 0) is 42.7 Å². The van der Waals surface area contributed by atoms with E-state index in [0.717, 1.165) is 18.4 Å². The Bertz CT molecular complexity index is 419. The van der Waals surface area contributed by atoms with Gasteiger partial charge in [-0.25, -0.2) is 4.79 Å². The van der Waals surface area contributed by atoms with Gasteiger partial charge in [-0.3, -0.25) is 4.79 Å². The molecule has 2 N–H and O–H groups in total. The molecule has 0 aliphatic heterocycles. The third kappa shape index (κ3) is 5.87. The summed E-state index contributed by atoms with van der Waals surface area (Å²) in [6.07, 6.45) is 6.42. The number of carboxylic acids is 2. The highest BCUT2D eigenvalue weighted by molar-refractivity contribution is 7.12. The molecule has 1 heterocycles. The Balaban J connectivity index is 0.000000191. The number of aromatic carboxylic acids is 1. The number of hydrogen-bond donors (Lipinski definition) is 2. The Hall–Kier alpha value is -1.36. The van der Waals surface area contributed by atoms with Crippen LogP contribution < -0.4 is 0 Å². The van der Waals surface area contributed by atoms with E-state index in [-0.39, 0.29) is 0 Å². The summed E-state index contributed by atoms with van der Waals surface area (Å²) in [4.78, 5) is 21.0. The number of aliphatic carboxylic acids is 1. The number of aryl methyl sites for hydroxylation is 1. The topological polar surface area (TPSA) is 74.6 Å². The number of carbonyl (C=O) groups is 2. The maximum atomic E-state index is 10.3. The minimum atomic E-state index is -0.831. The van der Waals surface area contributed by atoms with Crippen LogP contribution in [-0.4, -0.2) is 22.2 Å². The van der Waals surface area contributed by atoms with Gasteiger partial charge in [-0.2, -0.15) is 0 Å². The van der Waals surface area contributed by atoms with Crippen molar-refractivity contribution in [3.63, 3.8) is 0 Å². The van der Waals surface area contributed by atoms with Crippen molar-refractivity contribution < 1.29 is 19.8 Å². The summed E-state index contributed by atoms with van der Waals surface area (Å²) >= 11 is 1.26. The summed E-state index contributed by atoms with van der Waals surface area (Å²) in [5.41, 5.74) is 0.840. The van der Waals surface area contributed by atoms with Crippen LogP contribution in [0.3, 0.4) is 0 Å². The van der Waals surface area contributed by atoms with Crippen LogP contribution in [0.25, 0.3) is 0 Å². The lowest BCUT2D eigenvalue weighted by Gasteiger charge is -2.18. The molecule has 106 valence electrons. The van der Waals surface area contributed by atoms with Crippen molar-refractivity contribution in [2.75, 3.05) is 0 Å². The molecule has 2 rings (SSSR count). The minimum absolute atomic E-state index is 0.389. The van der Waals surface area contributed by atoms with Crippen LogP contribution in [0.4, 0.5) is 0 Å². The van der Waals surface area contributed by atoms with Crippen LogP contribution in [-0.2, 0) is 4.79 Å². The molecule has 0 aromatic carbocycles. The van der Waals surface area contributed by atoms with Crippen LogP contribution in [0.15, 0.2) is 11.4 Å². The first-order chi connectivity index (χ1) is 9.00. The van der Waals surface area contributed by atoms with Crippen molar-refractivity contribution in [2.45, 2.75) is 45.4 Å². The highest BCUT2D eigenvalue weighted by atomic mass is 32.1. The van der Waals surface area contributed by atoms with Crippen molar-refractivity contribution in [1.29, 1.82) is 0 Å². The zero-order chi connectivity index (χ0) is 14.3. The van der Waals surface area contributed by atoms with Gasteiger partial charge in [0.25, 0.3) is 0 Å². The average Bonchev–Trinajstić information content (AvgIpc) is 2.77. The number of rotatable bonds is 3. The van der Waals surface area contributed by atoms with Crippen molar-refractivity contribution in [1.82, 2.24) is 0 Å². The van der Waals surface area contributed by atoms with E-state index in [0.29, 0.717) is 17.2 Å². The van der Waals surface area contributed by atoms with Gasteiger partial charge in [0.2, 0.25) is 0 Å². The Morgan fingerprint density at radius 1 is 1.26 bits per heavy atom. The highest BCUT2D eigenvalue weighted by Gasteiger charge is 2.15. The molecule has 1 aliphatic rings. The Kier molecular flexibility index (Phi) is 6.56. The fourth-order valence-corrected chi connectivity index (χ4v) is 2.99. The quantitative estimate of drug-likeness (QED) is 0.885. The highest BCUT2D eigenvalue weighted by Crippen LogP contribution is 2.25. The fourth-order valence-electron chi connectivity index (χ4n) is 2.23.